The molecule has 2 heterocycles. The van der Waals surface area contributed by atoms with E-state index < -0.39 is 0 Å². The summed E-state index contributed by atoms with van der Waals surface area (Å²) in [5, 5.41) is 7.03. The third-order valence-electron chi connectivity index (χ3n) is 4.21. The van der Waals surface area contributed by atoms with Crippen LogP contribution >= 0.6 is 0 Å². The standard InChI is InChI=1S/C17H21N3O2/c1-12-10-14(20-22-12)11-16(21)19-17(13-6-2-3-7-13)15-8-4-5-9-18-15/h4-5,8-10,13,17H,2-3,6-7,11H2,1H3,(H,19,21)/t17-/m0/s1. The number of amides is 1. The number of pyridine rings is 1. The highest BCUT2D eigenvalue weighted by atomic mass is 16.5. The minimum Gasteiger partial charge on any atom is -0.361 e. The minimum absolute atomic E-state index is 0.0100. The Labute approximate surface area is 130 Å². The third-order valence-corrected chi connectivity index (χ3v) is 4.21. The maximum atomic E-state index is 12.3. The van der Waals surface area contributed by atoms with Crippen molar-refractivity contribution < 1.29 is 9.32 Å². The quantitative estimate of drug-likeness (QED) is 0.921. The van der Waals surface area contributed by atoms with E-state index in [0.717, 1.165) is 24.3 Å². The summed E-state index contributed by atoms with van der Waals surface area (Å²) in [6.45, 7) is 1.82. The van der Waals surface area contributed by atoms with Crippen molar-refractivity contribution in [3.05, 3.63) is 47.6 Å². The molecule has 116 valence electrons. The fourth-order valence-corrected chi connectivity index (χ4v) is 3.17. The van der Waals surface area contributed by atoms with Gasteiger partial charge in [0.25, 0.3) is 0 Å². The van der Waals surface area contributed by atoms with Gasteiger partial charge in [-0.2, -0.15) is 0 Å². The van der Waals surface area contributed by atoms with E-state index in [-0.39, 0.29) is 18.4 Å². The maximum absolute atomic E-state index is 12.3. The number of nitrogens with one attached hydrogen (secondary N) is 1. The molecular formula is C17H21N3O2. The van der Waals surface area contributed by atoms with Gasteiger partial charge < -0.3 is 9.84 Å². The third kappa shape index (κ3) is 3.53. The number of aryl methyl sites for hydroxylation is 1. The molecule has 1 atom stereocenters. The van der Waals surface area contributed by atoms with Crippen LogP contribution in [0.4, 0.5) is 0 Å². The van der Waals surface area contributed by atoms with E-state index in [1.54, 1.807) is 12.3 Å². The first-order chi connectivity index (χ1) is 10.7. The Bertz CT molecular complexity index is 618. The molecule has 0 bridgehead atoms. The smallest absolute Gasteiger partial charge is 0.226 e. The predicted octanol–water partition coefficient (Wildman–Crippen LogP) is 2.97. The lowest BCUT2D eigenvalue weighted by Gasteiger charge is -2.24. The van der Waals surface area contributed by atoms with Gasteiger partial charge in [-0.15, -0.1) is 0 Å². The molecule has 1 N–H and O–H groups in total. The van der Waals surface area contributed by atoms with Gasteiger partial charge in [0.1, 0.15) is 5.76 Å². The second kappa shape index (κ2) is 6.73. The first kappa shape index (κ1) is 14.8. The number of nitrogens with zero attached hydrogens (tertiary/aromatic N) is 2. The summed E-state index contributed by atoms with van der Waals surface area (Å²) in [6, 6.07) is 7.64. The lowest BCUT2D eigenvalue weighted by Crippen LogP contribution is -2.34. The molecule has 2 aromatic heterocycles. The van der Waals surface area contributed by atoms with E-state index in [1.807, 2.05) is 25.1 Å². The predicted molar refractivity (Wildman–Crippen MR) is 82.0 cm³/mol. The Morgan fingerprint density at radius 2 is 2.23 bits per heavy atom. The Kier molecular flexibility index (Phi) is 4.51. The second-order valence-electron chi connectivity index (χ2n) is 5.95. The van der Waals surface area contributed by atoms with E-state index in [9.17, 15) is 4.79 Å². The van der Waals surface area contributed by atoms with Gasteiger partial charge in [-0.3, -0.25) is 9.78 Å². The van der Waals surface area contributed by atoms with Crippen molar-refractivity contribution in [3.63, 3.8) is 0 Å². The van der Waals surface area contributed by atoms with Crippen LogP contribution in [0.15, 0.2) is 35.0 Å². The highest BCUT2D eigenvalue weighted by Gasteiger charge is 2.28. The van der Waals surface area contributed by atoms with Gasteiger partial charge in [-0.05, 0) is 37.8 Å². The molecule has 2 aromatic rings. The lowest BCUT2D eigenvalue weighted by molar-refractivity contribution is -0.121. The van der Waals surface area contributed by atoms with Crippen molar-refractivity contribution in [2.45, 2.75) is 45.1 Å². The molecule has 1 fully saturated rings. The average Bonchev–Trinajstić information content (AvgIpc) is 3.18. The summed E-state index contributed by atoms with van der Waals surface area (Å²) in [7, 11) is 0. The normalized spacial score (nSPS) is 16.6. The SMILES string of the molecule is Cc1cc(CC(=O)N[C@H](c2ccccn2)C2CCCC2)no1. The zero-order valence-electron chi connectivity index (χ0n) is 12.8. The number of carbonyl (C=O) groups excluding carboxylic acids is 1. The molecule has 0 radical (unpaired) electrons. The molecule has 0 saturated heterocycles. The van der Waals surface area contributed by atoms with Crippen LogP contribution in [0, 0.1) is 12.8 Å². The van der Waals surface area contributed by atoms with Crippen LogP contribution in [-0.4, -0.2) is 16.0 Å². The molecular weight excluding hydrogens is 278 g/mol. The summed E-state index contributed by atoms with van der Waals surface area (Å²) < 4.78 is 5.01. The van der Waals surface area contributed by atoms with E-state index in [1.165, 1.54) is 12.8 Å². The fourth-order valence-electron chi connectivity index (χ4n) is 3.17. The number of hydrogen-bond acceptors (Lipinski definition) is 4. The van der Waals surface area contributed by atoms with Gasteiger partial charge in [0.15, 0.2) is 0 Å². The molecule has 0 aromatic carbocycles. The van der Waals surface area contributed by atoms with Crippen molar-refractivity contribution in [1.82, 2.24) is 15.5 Å². The van der Waals surface area contributed by atoms with Crippen LogP contribution in [0.25, 0.3) is 0 Å². The van der Waals surface area contributed by atoms with E-state index >= 15 is 0 Å². The zero-order valence-corrected chi connectivity index (χ0v) is 12.8. The van der Waals surface area contributed by atoms with Gasteiger partial charge in [0.2, 0.25) is 5.91 Å². The Morgan fingerprint density at radius 3 is 2.86 bits per heavy atom. The molecule has 5 nitrogen and oxygen atoms in total. The summed E-state index contributed by atoms with van der Waals surface area (Å²) in [5.41, 5.74) is 1.61. The molecule has 0 aliphatic heterocycles. The van der Waals surface area contributed by atoms with Crippen LogP contribution in [0.2, 0.25) is 0 Å². The maximum Gasteiger partial charge on any atom is 0.226 e. The van der Waals surface area contributed by atoms with E-state index in [2.05, 4.69) is 15.5 Å². The fraction of sp³-hybridized carbons (Fsp3) is 0.471. The number of hydrogen-bond donors (Lipinski definition) is 1. The first-order valence-electron chi connectivity index (χ1n) is 7.85. The average molecular weight is 299 g/mol. The van der Waals surface area contributed by atoms with E-state index in [4.69, 9.17) is 4.52 Å². The second-order valence-corrected chi connectivity index (χ2v) is 5.95. The van der Waals surface area contributed by atoms with Crippen LogP contribution in [0.1, 0.15) is 48.9 Å². The topological polar surface area (TPSA) is 68.0 Å². The summed E-state index contributed by atoms with van der Waals surface area (Å²) >= 11 is 0. The summed E-state index contributed by atoms with van der Waals surface area (Å²) in [4.78, 5) is 16.8. The van der Waals surface area contributed by atoms with Gasteiger partial charge >= 0.3 is 0 Å². The van der Waals surface area contributed by atoms with Gasteiger partial charge in [-0.25, -0.2) is 0 Å². The molecule has 1 aliphatic carbocycles. The lowest BCUT2D eigenvalue weighted by atomic mass is 9.94. The van der Waals surface area contributed by atoms with Crippen molar-refractivity contribution in [2.75, 3.05) is 0 Å². The van der Waals surface area contributed by atoms with Crippen molar-refractivity contribution in [3.8, 4) is 0 Å². The van der Waals surface area contributed by atoms with Crippen molar-refractivity contribution in [1.29, 1.82) is 0 Å². The Hall–Kier alpha value is -2.17. The summed E-state index contributed by atoms with van der Waals surface area (Å²) in [5.74, 6) is 1.16. The Balaban J connectivity index is 1.70. The molecule has 5 heteroatoms. The van der Waals surface area contributed by atoms with Gasteiger partial charge in [0.05, 0.1) is 23.9 Å². The highest BCUT2D eigenvalue weighted by Crippen LogP contribution is 2.35. The number of rotatable bonds is 5. The monoisotopic (exact) mass is 299 g/mol. The molecule has 1 saturated carbocycles. The van der Waals surface area contributed by atoms with Crippen LogP contribution in [-0.2, 0) is 11.2 Å². The molecule has 0 spiro atoms. The number of carbonyl (C=O) groups is 1. The van der Waals surface area contributed by atoms with Gasteiger partial charge in [0, 0.05) is 12.3 Å². The number of aromatic nitrogens is 2. The molecule has 1 amide bonds. The van der Waals surface area contributed by atoms with E-state index in [0.29, 0.717) is 11.6 Å². The zero-order chi connectivity index (χ0) is 15.4. The first-order valence-corrected chi connectivity index (χ1v) is 7.85. The van der Waals surface area contributed by atoms with Crippen molar-refractivity contribution >= 4 is 5.91 Å². The van der Waals surface area contributed by atoms with Gasteiger partial charge in [-0.1, -0.05) is 24.1 Å². The van der Waals surface area contributed by atoms with Crippen LogP contribution in [0.3, 0.4) is 0 Å². The Morgan fingerprint density at radius 1 is 1.41 bits per heavy atom. The summed E-state index contributed by atoms with van der Waals surface area (Å²) in [6.07, 6.45) is 6.77. The highest BCUT2D eigenvalue weighted by molar-refractivity contribution is 5.78. The van der Waals surface area contributed by atoms with Crippen LogP contribution < -0.4 is 5.32 Å². The molecule has 0 unspecified atom stereocenters. The molecule has 22 heavy (non-hydrogen) atoms. The molecule has 1 aliphatic rings. The largest absolute Gasteiger partial charge is 0.361 e. The minimum atomic E-state index is -0.0316. The van der Waals surface area contributed by atoms with Crippen molar-refractivity contribution in [2.24, 2.45) is 5.92 Å². The molecule has 3 rings (SSSR count). The van der Waals surface area contributed by atoms with Crippen LogP contribution in [0.5, 0.6) is 0 Å².